The smallest absolute Gasteiger partial charge is 0.407 e. The van der Waals surface area contributed by atoms with Gasteiger partial charge in [0.1, 0.15) is 6.10 Å². The number of aliphatic hydroxyl groups excluding tert-OH is 1. The molecule has 0 aliphatic carbocycles. The van der Waals surface area contributed by atoms with E-state index in [9.17, 15) is 18.3 Å². The molecule has 1 amide bonds. The molecule has 5 N–H and O–H groups in total. The van der Waals surface area contributed by atoms with Crippen molar-refractivity contribution in [2.24, 2.45) is 11.8 Å². The molecule has 4 rings (SSSR count). The lowest BCUT2D eigenvalue weighted by Gasteiger charge is -2.31. The number of nitrogens with two attached hydrogens (primary N) is 1. The number of hydrogen-bond acceptors (Lipinski definition) is 9. The number of aliphatic hydroxyl groups is 2. The van der Waals surface area contributed by atoms with Crippen LogP contribution in [0.3, 0.4) is 0 Å². The highest BCUT2D eigenvalue weighted by Crippen LogP contribution is 2.33. The SMILES string of the molecule is CC(C)CN(C[C@@H](O)[C@H](Cc1ccccc1)NC(=O)O[C@H]1CO[C@H]2OCC[C@H]21)S(=O)(=O)c1ccc(N)cc1.CCC(C)(C)O. The molecule has 0 spiro atoms. The fourth-order valence-electron chi connectivity index (χ4n) is 4.82. The van der Waals surface area contributed by atoms with Crippen LogP contribution < -0.4 is 11.1 Å². The summed E-state index contributed by atoms with van der Waals surface area (Å²) >= 11 is 0. The molecule has 246 valence electrons. The van der Waals surface area contributed by atoms with Crippen molar-refractivity contribution < 1.29 is 37.6 Å². The van der Waals surface area contributed by atoms with Gasteiger partial charge in [0.15, 0.2) is 6.29 Å². The number of fused-ring (bicyclic) bond motifs is 1. The average Bonchev–Trinajstić information content (AvgIpc) is 3.58. The third kappa shape index (κ3) is 10.7. The second-order valence-corrected chi connectivity index (χ2v) is 14.4. The molecule has 0 unspecified atom stereocenters. The zero-order valence-corrected chi connectivity index (χ0v) is 27.2. The largest absolute Gasteiger partial charge is 0.443 e. The minimum Gasteiger partial charge on any atom is -0.443 e. The zero-order chi connectivity index (χ0) is 32.5. The Hall–Kier alpha value is -2.74. The molecule has 2 fully saturated rings. The summed E-state index contributed by atoms with van der Waals surface area (Å²) in [5.74, 6) is -0.0231. The molecule has 0 saturated carbocycles. The Balaban J connectivity index is 0.000000801. The van der Waals surface area contributed by atoms with Gasteiger partial charge in [-0.15, -0.1) is 0 Å². The topological polar surface area (TPSA) is 161 Å². The number of sulfonamides is 1. The van der Waals surface area contributed by atoms with Crippen LogP contribution in [0.2, 0.25) is 0 Å². The van der Waals surface area contributed by atoms with Gasteiger partial charge in [0.2, 0.25) is 10.0 Å². The van der Waals surface area contributed by atoms with Crippen molar-refractivity contribution in [1.82, 2.24) is 9.62 Å². The van der Waals surface area contributed by atoms with Crippen molar-refractivity contribution >= 4 is 21.8 Å². The number of anilines is 1. The van der Waals surface area contributed by atoms with E-state index >= 15 is 0 Å². The van der Waals surface area contributed by atoms with Crippen LogP contribution in [-0.2, 0) is 30.7 Å². The lowest BCUT2D eigenvalue weighted by Crippen LogP contribution is -2.51. The minimum absolute atomic E-state index is 0.000183. The number of nitrogens with zero attached hydrogens (tertiary/aromatic N) is 1. The van der Waals surface area contributed by atoms with Gasteiger partial charge in [-0.1, -0.05) is 51.1 Å². The maximum atomic E-state index is 13.5. The Bertz CT molecular complexity index is 1270. The highest BCUT2D eigenvalue weighted by atomic mass is 32.2. The normalized spacial score (nSPS) is 21.3. The summed E-state index contributed by atoms with van der Waals surface area (Å²) in [7, 11) is -3.93. The van der Waals surface area contributed by atoms with E-state index in [1.807, 2.05) is 51.1 Å². The standard InChI is InChI=1S/C27H37N3O7S.C5H12O/c1-18(2)15-30(38(33,34)21-10-8-20(28)9-11-21)16-24(31)23(14-19-6-4-3-5-7-19)29-27(32)37-25-17-36-26-22(25)12-13-35-26;1-4-5(2,3)6/h3-11,18,22-26,31H,12-17,28H2,1-2H3,(H,29,32);6H,4H2,1-3H3/t22-,23-,24+,25-,26+;/m0./s1. The van der Waals surface area contributed by atoms with E-state index in [-0.39, 0.29) is 49.1 Å². The number of rotatable bonds is 12. The van der Waals surface area contributed by atoms with Crippen molar-refractivity contribution in [1.29, 1.82) is 0 Å². The summed E-state index contributed by atoms with van der Waals surface area (Å²) in [6.45, 7) is 10.1. The molecular weight excluding hydrogens is 586 g/mol. The molecule has 11 nitrogen and oxygen atoms in total. The maximum Gasteiger partial charge on any atom is 0.407 e. The molecule has 2 heterocycles. The van der Waals surface area contributed by atoms with E-state index in [0.29, 0.717) is 12.3 Å². The second kappa shape index (κ2) is 16.0. The average molecular weight is 636 g/mol. The van der Waals surface area contributed by atoms with E-state index in [0.717, 1.165) is 18.4 Å². The maximum absolute atomic E-state index is 13.5. The van der Waals surface area contributed by atoms with Crippen LogP contribution in [0.25, 0.3) is 0 Å². The number of ether oxygens (including phenoxy) is 3. The fourth-order valence-corrected chi connectivity index (χ4v) is 6.45. The Morgan fingerprint density at radius 1 is 1.11 bits per heavy atom. The van der Waals surface area contributed by atoms with E-state index in [1.54, 1.807) is 13.8 Å². The van der Waals surface area contributed by atoms with Gasteiger partial charge < -0.3 is 35.5 Å². The number of alkyl carbamates (subject to hydrolysis) is 1. The summed E-state index contributed by atoms with van der Waals surface area (Å²) in [5, 5.41) is 22.9. The number of benzene rings is 2. The third-order valence-corrected chi connectivity index (χ3v) is 9.50. The molecule has 12 heteroatoms. The van der Waals surface area contributed by atoms with E-state index < -0.39 is 40.0 Å². The molecule has 44 heavy (non-hydrogen) atoms. The number of nitrogen functional groups attached to an aromatic ring is 1. The Kier molecular flexibility index (Phi) is 13.0. The van der Waals surface area contributed by atoms with Crippen molar-refractivity contribution in [2.45, 2.75) is 88.9 Å². The van der Waals surface area contributed by atoms with Gasteiger partial charge in [-0.05, 0) is 68.9 Å². The quantitative estimate of drug-likeness (QED) is 0.256. The lowest BCUT2D eigenvalue weighted by molar-refractivity contribution is -0.0907. The molecule has 2 aromatic rings. The van der Waals surface area contributed by atoms with Gasteiger partial charge >= 0.3 is 6.09 Å². The van der Waals surface area contributed by atoms with Crippen molar-refractivity contribution in [2.75, 3.05) is 32.0 Å². The van der Waals surface area contributed by atoms with Gasteiger partial charge in [0.25, 0.3) is 0 Å². The molecule has 2 aromatic carbocycles. The van der Waals surface area contributed by atoms with E-state index in [2.05, 4.69) is 5.32 Å². The van der Waals surface area contributed by atoms with Gasteiger partial charge in [0.05, 0.1) is 41.8 Å². The second-order valence-electron chi connectivity index (χ2n) is 12.4. The van der Waals surface area contributed by atoms with Crippen molar-refractivity contribution in [3.63, 3.8) is 0 Å². The highest BCUT2D eigenvalue weighted by molar-refractivity contribution is 7.89. The fraction of sp³-hybridized carbons (Fsp3) is 0.594. The summed E-state index contributed by atoms with van der Waals surface area (Å²) in [5.41, 5.74) is 6.61. The molecular formula is C32H49N3O8S. The third-order valence-electron chi connectivity index (χ3n) is 7.65. The number of carbonyl (C=O) groups is 1. The predicted molar refractivity (Wildman–Crippen MR) is 168 cm³/mol. The van der Waals surface area contributed by atoms with Crippen LogP contribution >= 0.6 is 0 Å². The van der Waals surface area contributed by atoms with Gasteiger partial charge in [-0.3, -0.25) is 0 Å². The van der Waals surface area contributed by atoms with Gasteiger partial charge in [0, 0.05) is 18.8 Å². The predicted octanol–water partition coefficient (Wildman–Crippen LogP) is 3.54. The highest BCUT2D eigenvalue weighted by Gasteiger charge is 2.44. The van der Waals surface area contributed by atoms with Crippen LogP contribution in [0.5, 0.6) is 0 Å². The Labute approximate surface area is 261 Å². The first-order valence-electron chi connectivity index (χ1n) is 15.2. The monoisotopic (exact) mass is 635 g/mol. The van der Waals surface area contributed by atoms with Crippen molar-refractivity contribution in [3.05, 3.63) is 60.2 Å². The Morgan fingerprint density at radius 2 is 1.75 bits per heavy atom. The van der Waals surface area contributed by atoms with E-state index in [1.165, 1.54) is 28.6 Å². The van der Waals surface area contributed by atoms with E-state index in [4.69, 9.17) is 25.1 Å². The lowest BCUT2D eigenvalue weighted by atomic mass is 10.0. The van der Waals surface area contributed by atoms with Crippen molar-refractivity contribution in [3.8, 4) is 0 Å². The molecule has 0 bridgehead atoms. The van der Waals surface area contributed by atoms with Crippen LogP contribution in [0, 0.1) is 11.8 Å². The number of carbonyl (C=O) groups excluding carboxylic acids is 1. The van der Waals surface area contributed by atoms with Gasteiger partial charge in [-0.25, -0.2) is 13.2 Å². The number of amides is 1. The Morgan fingerprint density at radius 3 is 2.34 bits per heavy atom. The molecule has 2 aliphatic rings. The first kappa shape index (κ1) is 35.7. The molecule has 0 radical (unpaired) electrons. The van der Waals surface area contributed by atoms with Crippen LogP contribution in [-0.4, -0.2) is 85.5 Å². The van der Waals surface area contributed by atoms with Gasteiger partial charge in [-0.2, -0.15) is 4.31 Å². The molecule has 2 aliphatic heterocycles. The first-order valence-corrected chi connectivity index (χ1v) is 16.6. The van der Waals surface area contributed by atoms with Crippen LogP contribution in [0.1, 0.15) is 53.0 Å². The molecule has 2 saturated heterocycles. The summed E-state index contributed by atoms with van der Waals surface area (Å²) in [6, 6.07) is 14.5. The summed E-state index contributed by atoms with van der Waals surface area (Å²) < 4.78 is 44.9. The zero-order valence-electron chi connectivity index (χ0n) is 26.4. The number of hydrogen-bond donors (Lipinski definition) is 4. The first-order chi connectivity index (χ1) is 20.7. The minimum atomic E-state index is -3.93. The summed E-state index contributed by atoms with van der Waals surface area (Å²) in [4.78, 5) is 13.0. The number of nitrogens with one attached hydrogen (secondary N) is 1. The molecule has 5 atom stereocenters. The summed E-state index contributed by atoms with van der Waals surface area (Å²) in [6.07, 6.45) is -0.860. The van der Waals surface area contributed by atoms with Crippen LogP contribution in [0.15, 0.2) is 59.5 Å². The van der Waals surface area contributed by atoms with Crippen LogP contribution in [0.4, 0.5) is 10.5 Å². The molecule has 0 aromatic heterocycles.